The van der Waals surface area contributed by atoms with E-state index in [0.29, 0.717) is 0 Å². The van der Waals surface area contributed by atoms with Gasteiger partial charge in [0, 0.05) is 6.54 Å². The maximum absolute atomic E-state index is 2.42. The molecule has 20 heavy (non-hydrogen) atoms. The highest BCUT2D eigenvalue weighted by Gasteiger charge is 2.08. The summed E-state index contributed by atoms with van der Waals surface area (Å²) in [7, 11) is 4.30. The number of aryl methyl sites for hydroxylation is 4. The molecule has 0 atom stereocenters. The Morgan fingerprint density at radius 1 is 0.750 bits per heavy atom. The van der Waals surface area contributed by atoms with Gasteiger partial charge >= 0.3 is 0 Å². The second-order valence-electron chi connectivity index (χ2n) is 6.16. The molecule has 0 amide bonds. The van der Waals surface area contributed by atoms with Crippen LogP contribution in [0.4, 0.5) is 0 Å². The third kappa shape index (κ3) is 3.10. The Morgan fingerprint density at radius 2 is 1.30 bits per heavy atom. The van der Waals surface area contributed by atoms with E-state index in [9.17, 15) is 0 Å². The van der Waals surface area contributed by atoms with Gasteiger partial charge in [0.25, 0.3) is 0 Å². The fraction of sp³-hybridized carbons (Fsp3) is 0.368. The van der Waals surface area contributed by atoms with Gasteiger partial charge in [-0.3, -0.25) is 0 Å². The second kappa shape index (κ2) is 5.80. The molecule has 0 spiro atoms. The Kier molecular flexibility index (Phi) is 3.88. The van der Waals surface area contributed by atoms with E-state index in [0.717, 1.165) is 32.2 Å². The van der Waals surface area contributed by atoms with E-state index < -0.39 is 0 Å². The molecule has 0 heterocycles. The Balaban J connectivity index is 1.95. The lowest BCUT2D eigenvalue weighted by atomic mass is 9.93. The van der Waals surface area contributed by atoms with E-state index in [4.69, 9.17) is 0 Å². The zero-order valence-electron chi connectivity index (χ0n) is 12.5. The van der Waals surface area contributed by atoms with Crippen LogP contribution in [-0.4, -0.2) is 19.0 Å². The summed E-state index contributed by atoms with van der Waals surface area (Å²) in [5, 5.41) is 0. The van der Waals surface area contributed by atoms with Crippen molar-refractivity contribution in [3.63, 3.8) is 0 Å². The molecule has 4 aliphatic carbocycles. The molecule has 0 unspecified atom stereocenters. The maximum Gasteiger partial charge on any atom is 0.0230 e. The second-order valence-corrected chi connectivity index (χ2v) is 6.16. The van der Waals surface area contributed by atoms with Crippen LogP contribution < -0.4 is 0 Å². The van der Waals surface area contributed by atoms with Gasteiger partial charge in [-0.2, -0.15) is 0 Å². The van der Waals surface area contributed by atoms with Gasteiger partial charge < -0.3 is 4.90 Å². The summed E-state index contributed by atoms with van der Waals surface area (Å²) in [4.78, 5) is 2.27. The monoisotopic (exact) mass is 265 g/mol. The first-order valence-electron chi connectivity index (χ1n) is 7.54. The molecule has 0 saturated carbocycles. The van der Waals surface area contributed by atoms with E-state index in [-0.39, 0.29) is 0 Å². The van der Waals surface area contributed by atoms with Gasteiger partial charge in [-0.25, -0.2) is 0 Å². The molecule has 0 N–H and O–H groups in total. The molecule has 0 aliphatic heterocycles. The lowest BCUT2D eigenvalue weighted by molar-refractivity contribution is 0.400. The summed E-state index contributed by atoms with van der Waals surface area (Å²) >= 11 is 0. The van der Waals surface area contributed by atoms with Crippen molar-refractivity contribution in [3.8, 4) is 0 Å². The van der Waals surface area contributed by atoms with Gasteiger partial charge in [0.15, 0.2) is 0 Å². The third-order valence-corrected chi connectivity index (χ3v) is 4.17. The van der Waals surface area contributed by atoms with Gasteiger partial charge in [0.05, 0.1) is 0 Å². The van der Waals surface area contributed by atoms with Gasteiger partial charge in [0.2, 0.25) is 0 Å². The number of nitrogens with zero attached hydrogens (tertiary/aromatic N) is 1. The number of hydrogen-bond donors (Lipinski definition) is 0. The van der Waals surface area contributed by atoms with Crippen LogP contribution in [0.1, 0.15) is 27.8 Å². The molecular formula is C19H23N. The summed E-state index contributed by atoms with van der Waals surface area (Å²) in [5.41, 5.74) is 7.38. The highest BCUT2D eigenvalue weighted by molar-refractivity contribution is 5.35. The van der Waals surface area contributed by atoms with Crippen molar-refractivity contribution in [2.45, 2.75) is 32.2 Å². The molecule has 4 aliphatic rings. The topological polar surface area (TPSA) is 3.24 Å². The quantitative estimate of drug-likeness (QED) is 0.801. The first kappa shape index (κ1) is 13.4. The normalized spacial score (nSPS) is 14.3. The molecule has 104 valence electrons. The van der Waals surface area contributed by atoms with E-state index in [1.165, 1.54) is 27.8 Å². The first-order valence-corrected chi connectivity index (χ1v) is 7.54. The zero-order chi connectivity index (χ0) is 13.9. The van der Waals surface area contributed by atoms with Crippen molar-refractivity contribution in [2.24, 2.45) is 0 Å². The maximum atomic E-state index is 2.42. The van der Waals surface area contributed by atoms with Crippen molar-refractivity contribution in [1.29, 1.82) is 0 Å². The van der Waals surface area contributed by atoms with Gasteiger partial charge in [0.1, 0.15) is 0 Å². The van der Waals surface area contributed by atoms with Crippen molar-refractivity contribution in [1.82, 2.24) is 4.90 Å². The van der Waals surface area contributed by atoms with E-state index >= 15 is 0 Å². The van der Waals surface area contributed by atoms with Crippen LogP contribution in [0.3, 0.4) is 0 Å². The molecule has 1 heteroatoms. The van der Waals surface area contributed by atoms with Crippen LogP contribution in [0.2, 0.25) is 0 Å². The minimum atomic E-state index is 1.04. The van der Waals surface area contributed by atoms with Crippen LogP contribution in [0, 0.1) is 0 Å². The average molecular weight is 265 g/mol. The Bertz CT molecular complexity index is 581. The molecule has 1 nitrogen and oxygen atoms in total. The largest absolute Gasteiger partial charge is 0.305 e. The number of rotatable bonds is 2. The molecule has 0 aromatic heterocycles. The van der Waals surface area contributed by atoms with Crippen LogP contribution in [0.25, 0.3) is 0 Å². The minimum absolute atomic E-state index is 1.04. The van der Waals surface area contributed by atoms with Crippen molar-refractivity contribution < 1.29 is 0 Å². The summed E-state index contributed by atoms with van der Waals surface area (Å²) < 4.78 is 0. The van der Waals surface area contributed by atoms with Gasteiger partial charge in [-0.05, 0) is 67.6 Å². The van der Waals surface area contributed by atoms with Gasteiger partial charge in [-0.15, -0.1) is 0 Å². The van der Waals surface area contributed by atoms with E-state index in [2.05, 4.69) is 61.5 Å². The SMILES string of the molecule is CN(C)Cc1cc2ccc1CCc1ccc(cc1)CC2. The minimum Gasteiger partial charge on any atom is -0.305 e. The Hall–Kier alpha value is -1.60. The van der Waals surface area contributed by atoms with Crippen LogP contribution >= 0.6 is 0 Å². The Labute approximate surface area is 122 Å². The molecule has 2 aromatic carbocycles. The highest BCUT2D eigenvalue weighted by Crippen LogP contribution is 2.20. The lowest BCUT2D eigenvalue weighted by Crippen LogP contribution is -2.13. The lowest BCUT2D eigenvalue weighted by Gasteiger charge is -2.17. The molecule has 0 radical (unpaired) electrons. The van der Waals surface area contributed by atoms with Crippen molar-refractivity contribution >= 4 is 0 Å². The molecule has 0 fully saturated rings. The predicted molar refractivity (Wildman–Crippen MR) is 85.1 cm³/mol. The predicted octanol–water partition coefficient (Wildman–Crippen LogP) is 3.63. The molecule has 2 aromatic rings. The summed E-state index contributed by atoms with van der Waals surface area (Å²) in [6.45, 7) is 1.04. The third-order valence-electron chi connectivity index (χ3n) is 4.17. The fourth-order valence-corrected chi connectivity index (χ4v) is 3.01. The van der Waals surface area contributed by atoms with E-state index in [1.807, 2.05) is 0 Å². The summed E-state index contributed by atoms with van der Waals surface area (Å²) in [6.07, 6.45) is 4.56. The molecular weight excluding hydrogens is 242 g/mol. The number of benzene rings is 2. The molecule has 6 rings (SSSR count). The zero-order valence-corrected chi connectivity index (χ0v) is 12.5. The summed E-state index contributed by atoms with van der Waals surface area (Å²) in [5.74, 6) is 0. The molecule has 4 bridgehead atoms. The van der Waals surface area contributed by atoms with Crippen molar-refractivity contribution in [2.75, 3.05) is 14.1 Å². The average Bonchev–Trinajstić information content (AvgIpc) is 2.42. The van der Waals surface area contributed by atoms with Crippen LogP contribution in [0.15, 0.2) is 42.5 Å². The first-order chi connectivity index (χ1) is 9.70. The summed E-state index contributed by atoms with van der Waals surface area (Å²) in [6, 6.07) is 16.3. The van der Waals surface area contributed by atoms with Gasteiger partial charge in [-0.1, -0.05) is 42.5 Å². The van der Waals surface area contributed by atoms with E-state index in [1.54, 1.807) is 0 Å². The van der Waals surface area contributed by atoms with Crippen molar-refractivity contribution in [3.05, 3.63) is 70.3 Å². The van der Waals surface area contributed by atoms with Crippen LogP contribution in [0.5, 0.6) is 0 Å². The standard InChI is InChI=1S/C19H23N/c1-20(2)14-19-13-17-8-7-15-3-5-16(6-4-15)9-11-18(19)12-10-17/h3-6,10,12-13H,7-9,11,14H2,1-2H3. The smallest absolute Gasteiger partial charge is 0.0230 e. The highest BCUT2D eigenvalue weighted by atomic mass is 15.0. The Morgan fingerprint density at radius 3 is 1.95 bits per heavy atom. The van der Waals surface area contributed by atoms with Crippen LogP contribution in [-0.2, 0) is 32.2 Å². The molecule has 0 saturated heterocycles. The fourth-order valence-electron chi connectivity index (χ4n) is 3.01. The number of hydrogen-bond acceptors (Lipinski definition) is 1.